The third-order valence-corrected chi connectivity index (χ3v) is 4.04. The molecule has 0 aromatic carbocycles. The van der Waals surface area contributed by atoms with Gasteiger partial charge in [-0.25, -0.2) is 0 Å². The van der Waals surface area contributed by atoms with E-state index in [2.05, 4.69) is 15.5 Å². The molecule has 2 rings (SSSR count). The van der Waals surface area contributed by atoms with Gasteiger partial charge in [0.05, 0.1) is 5.56 Å². The third-order valence-electron chi connectivity index (χ3n) is 2.91. The zero-order chi connectivity index (χ0) is 14.9. The molecule has 0 aliphatic carbocycles. The molecule has 0 unspecified atom stereocenters. The van der Waals surface area contributed by atoms with Gasteiger partial charge in [0.1, 0.15) is 16.5 Å². The molecule has 1 amide bonds. The van der Waals surface area contributed by atoms with Crippen molar-refractivity contribution >= 4 is 22.4 Å². The SMILES string of the molecule is Cc1oc(C(C)C)cc1C(=O)Nc1nnc(C(C)C)s1. The normalized spacial score (nSPS) is 11.3. The lowest BCUT2D eigenvalue weighted by molar-refractivity contribution is 0.102. The molecule has 0 bridgehead atoms. The van der Waals surface area contributed by atoms with Crippen LogP contribution in [0, 0.1) is 6.92 Å². The van der Waals surface area contributed by atoms with Crippen LogP contribution in [0.3, 0.4) is 0 Å². The van der Waals surface area contributed by atoms with E-state index in [4.69, 9.17) is 4.42 Å². The van der Waals surface area contributed by atoms with E-state index in [-0.39, 0.29) is 11.8 Å². The van der Waals surface area contributed by atoms with Crippen LogP contribution >= 0.6 is 11.3 Å². The maximum atomic E-state index is 12.2. The van der Waals surface area contributed by atoms with E-state index in [1.54, 1.807) is 13.0 Å². The van der Waals surface area contributed by atoms with Gasteiger partial charge in [0.25, 0.3) is 5.91 Å². The summed E-state index contributed by atoms with van der Waals surface area (Å²) in [6.07, 6.45) is 0. The monoisotopic (exact) mass is 293 g/mol. The van der Waals surface area contributed by atoms with Crippen molar-refractivity contribution in [1.82, 2.24) is 10.2 Å². The molecule has 0 spiro atoms. The van der Waals surface area contributed by atoms with Gasteiger partial charge in [0, 0.05) is 11.8 Å². The molecule has 20 heavy (non-hydrogen) atoms. The first-order valence-electron chi connectivity index (χ1n) is 6.63. The Hall–Kier alpha value is -1.69. The summed E-state index contributed by atoms with van der Waals surface area (Å²) in [5.41, 5.74) is 0.551. The summed E-state index contributed by atoms with van der Waals surface area (Å²) < 4.78 is 5.58. The topological polar surface area (TPSA) is 68.0 Å². The number of nitrogens with zero attached hydrogens (tertiary/aromatic N) is 2. The highest BCUT2D eigenvalue weighted by Gasteiger charge is 2.18. The van der Waals surface area contributed by atoms with Crippen LogP contribution in [0.5, 0.6) is 0 Å². The first kappa shape index (κ1) is 14.7. The van der Waals surface area contributed by atoms with Crippen molar-refractivity contribution in [2.75, 3.05) is 5.32 Å². The summed E-state index contributed by atoms with van der Waals surface area (Å²) >= 11 is 1.40. The Bertz CT molecular complexity index is 614. The van der Waals surface area contributed by atoms with E-state index < -0.39 is 0 Å². The second-order valence-electron chi connectivity index (χ2n) is 5.33. The third kappa shape index (κ3) is 3.07. The smallest absolute Gasteiger partial charge is 0.261 e. The summed E-state index contributed by atoms with van der Waals surface area (Å²) in [6, 6.07) is 1.79. The highest BCUT2D eigenvalue weighted by molar-refractivity contribution is 7.15. The molecule has 2 heterocycles. The van der Waals surface area contributed by atoms with Gasteiger partial charge in [-0.1, -0.05) is 39.0 Å². The molecule has 6 heteroatoms. The molecule has 0 saturated heterocycles. The number of carbonyl (C=O) groups is 1. The number of anilines is 1. The second-order valence-corrected chi connectivity index (χ2v) is 6.34. The Kier molecular flexibility index (Phi) is 4.23. The van der Waals surface area contributed by atoms with Crippen LogP contribution in [0.15, 0.2) is 10.5 Å². The van der Waals surface area contributed by atoms with Gasteiger partial charge in [-0.15, -0.1) is 10.2 Å². The minimum atomic E-state index is -0.204. The molecule has 0 aliphatic rings. The van der Waals surface area contributed by atoms with Crippen LogP contribution in [-0.4, -0.2) is 16.1 Å². The van der Waals surface area contributed by atoms with Crippen molar-refractivity contribution in [2.45, 2.75) is 46.5 Å². The van der Waals surface area contributed by atoms with Gasteiger partial charge >= 0.3 is 0 Å². The summed E-state index contributed by atoms with van der Waals surface area (Å²) in [6.45, 7) is 9.93. The number of aromatic nitrogens is 2. The van der Waals surface area contributed by atoms with Crippen molar-refractivity contribution in [3.8, 4) is 0 Å². The van der Waals surface area contributed by atoms with Crippen molar-refractivity contribution in [1.29, 1.82) is 0 Å². The Morgan fingerprint density at radius 1 is 1.25 bits per heavy atom. The van der Waals surface area contributed by atoms with E-state index in [9.17, 15) is 4.79 Å². The fraction of sp³-hybridized carbons (Fsp3) is 0.500. The van der Waals surface area contributed by atoms with Gasteiger partial charge in [0.2, 0.25) is 5.13 Å². The largest absolute Gasteiger partial charge is 0.465 e. The first-order valence-corrected chi connectivity index (χ1v) is 7.45. The lowest BCUT2D eigenvalue weighted by atomic mass is 10.1. The summed E-state index contributed by atoms with van der Waals surface area (Å²) in [4.78, 5) is 12.2. The Morgan fingerprint density at radius 3 is 2.45 bits per heavy atom. The summed E-state index contributed by atoms with van der Waals surface area (Å²) in [5, 5.41) is 12.2. The molecule has 2 aromatic rings. The number of nitrogens with one attached hydrogen (secondary N) is 1. The van der Waals surface area contributed by atoms with Crippen LogP contribution < -0.4 is 5.32 Å². The Morgan fingerprint density at radius 2 is 1.95 bits per heavy atom. The van der Waals surface area contributed by atoms with E-state index >= 15 is 0 Å². The number of rotatable bonds is 4. The molecular formula is C14H19N3O2S. The van der Waals surface area contributed by atoms with Gasteiger partial charge in [-0.3, -0.25) is 10.1 Å². The minimum absolute atomic E-state index is 0.204. The van der Waals surface area contributed by atoms with E-state index in [1.807, 2.05) is 27.7 Å². The molecule has 0 atom stereocenters. The molecule has 0 radical (unpaired) electrons. The molecule has 0 saturated carbocycles. The Balaban J connectivity index is 2.15. The molecule has 5 nitrogen and oxygen atoms in total. The lowest BCUT2D eigenvalue weighted by Gasteiger charge is -1.98. The standard InChI is InChI=1S/C14H19N3O2S/c1-7(2)11-6-10(9(5)19-11)12(18)15-14-17-16-13(20-14)8(3)4/h6-8H,1-5H3,(H,15,17,18). The fourth-order valence-electron chi connectivity index (χ4n) is 1.70. The minimum Gasteiger partial charge on any atom is -0.465 e. The molecule has 0 fully saturated rings. The van der Waals surface area contributed by atoms with Crippen LogP contribution in [0.2, 0.25) is 0 Å². The van der Waals surface area contributed by atoms with Gasteiger partial charge in [-0.05, 0) is 13.0 Å². The first-order chi connectivity index (χ1) is 9.38. The summed E-state index contributed by atoms with van der Waals surface area (Å²) in [7, 11) is 0. The summed E-state index contributed by atoms with van der Waals surface area (Å²) in [5.74, 6) is 1.79. The molecule has 1 N–H and O–H groups in total. The Labute approximate surface area is 122 Å². The predicted octanol–water partition coefficient (Wildman–Crippen LogP) is 3.94. The van der Waals surface area contributed by atoms with Crippen LogP contribution in [-0.2, 0) is 0 Å². The predicted molar refractivity (Wildman–Crippen MR) is 79.5 cm³/mol. The second kappa shape index (κ2) is 5.75. The number of amides is 1. The van der Waals surface area contributed by atoms with Crippen LogP contribution in [0.4, 0.5) is 5.13 Å². The average Bonchev–Trinajstić information content (AvgIpc) is 2.95. The van der Waals surface area contributed by atoms with Crippen LogP contribution in [0.25, 0.3) is 0 Å². The van der Waals surface area contributed by atoms with Crippen molar-refractivity contribution in [3.05, 3.63) is 28.2 Å². The van der Waals surface area contributed by atoms with Gasteiger partial charge in [-0.2, -0.15) is 0 Å². The van der Waals surface area contributed by atoms with E-state index in [0.29, 0.717) is 22.4 Å². The molecule has 108 valence electrons. The van der Waals surface area contributed by atoms with E-state index in [0.717, 1.165) is 10.8 Å². The lowest BCUT2D eigenvalue weighted by Crippen LogP contribution is -2.11. The molecule has 0 aliphatic heterocycles. The number of aryl methyl sites for hydroxylation is 1. The van der Waals surface area contributed by atoms with Crippen molar-refractivity contribution in [3.63, 3.8) is 0 Å². The van der Waals surface area contributed by atoms with Gasteiger partial charge in [0.15, 0.2) is 0 Å². The van der Waals surface area contributed by atoms with E-state index in [1.165, 1.54) is 11.3 Å². The number of hydrogen-bond acceptors (Lipinski definition) is 5. The van der Waals surface area contributed by atoms with Crippen molar-refractivity contribution in [2.24, 2.45) is 0 Å². The fourth-order valence-corrected chi connectivity index (χ4v) is 2.44. The molecular weight excluding hydrogens is 274 g/mol. The average molecular weight is 293 g/mol. The maximum absolute atomic E-state index is 12.2. The zero-order valence-electron chi connectivity index (χ0n) is 12.4. The number of hydrogen-bond donors (Lipinski definition) is 1. The van der Waals surface area contributed by atoms with Crippen LogP contribution in [0.1, 0.15) is 66.4 Å². The number of furan rings is 1. The zero-order valence-corrected chi connectivity index (χ0v) is 13.2. The van der Waals surface area contributed by atoms with Crippen molar-refractivity contribution < 1.29 is 9.21 Å². The quantitative estimate of drug-likeness (QED) is 0.927. The highest BCUT2D eigenvalue weighted by atomic mass is 32.1. The molecule has 2 aromatic heterocycles. The number of carbonyl (C=O) groups excluding carboxylic acids is 1. The van der Waals surface area contributed by atoms with Gasteiger partial charge < -0.3 is 4.42 Å². The maximum Gasteiger partial charge on any atom is 0.261 e. The highest BCUT2D eigenvalue weighted by Crippen LogP contribution is 2.25.